The van der Waals surface area contributed by atoms with Gasteiger partial charge in [0.05, 0.1) is 6.42 Å². The number of carbonyl (C=O) groups is 11. The van der Waals surface area contributed by atoms with Crippen LogP contribution in [0.5, 0.6) is 0 Å². The van der Waals surface area contributed by atoms with Gasteiger partial charge in [0.15, 0.2) is 11.9 Å². The van der Waals surface area contributed by atoms with E-state index in [-0.39, 0.29) is 69.5 Å². The molecule has 1 aliphatic rings. The van der Waals surface area contributed by atoms with Crippen LogP contribution in [-0.4, -0.2) is 172 Å². The van der Waals surface area contributed by atoms with E-state index in [9.17, 15) is 73.2 Å². The molecule has 2 aromatic carbocycles. The number of ether oxygens (including phenoxy) is 1. The number of carbonyl (C=O) groups excluding carboxylic acids is 7. The zero-order valence-corrected chi connectivity index (χ0v) is 44.3. The van der Waals surface area contributed by atoms with Crippen molar-refractivity contribution >= 4 is 89.1 Å². The SMILES string of the molecule is CSCC[C@H](NC(=O)[C@H](CCC(=O)O)NC(=O)[C@H](CC(=O)O)NC(=O)OCC1c2ccccc2-c2ccccc21)C(=O)N[C@@H](CCC(=O)O)C(=O)N[C@@H](CCCN=C(N)N)C(=O)N[C@@H](CCCN=C(N)N)C(=O)N[C@@H](C)C(=O)O. The third kappa shape index (κ3) is 22.4. The summed E-state index contributed by atoms with van der Waals surface area (Å²) < 4.78 is 5.49. The molecule has 0 saturated heterocycles. The van der Waals surface area contributed by atoms with Gasteiger partial charge < -0.3 is 85.3 Å². The first kappa shape index (κ1) is 64.6. The molecule has 0 heterocycles. The van der Waals surface area contributed by atoms with Crippen LogP contribution in [-0.2, 0) is 52.7 Å². The second-order valence-corrected chi connectivity index (χ2v) is 19.0. The molecule has 0 aromatic heterocycles. The lowest BCUT2D eigenvalue weighted by atomic mass is 9.98. The average molecular weight is 1130 g/mol. The molecule has 1 aliphatic carbocycles. The summed E-state index contributed by atoms with van der Waals surface area (Å²) in [5.74, 6) is -13.0. The smallest absolute Gasteiger partial charge is 0.407 e. The van der Waals surface area contributed by atoms with Gasteiger partial charge in [0.1, 0.15) is 48.9 Å². The van der Waals surface area contributed by atoms with Gasteiger partial charge in [-0.2, -0.15) is 11.8 Å². The molecule has 29 nitrogen and oxygen atoms in total. The number of alkyl carbamates (subject to hydrolysis) is 1. The number of rotatable bonds is 35. The predicted molar refractivity (Wildman–Crippen MR) is 286 cm³/mol. The highest BCUT2D eigenvalue weighted by molar-refractivity contribution is 7.98. The van der Waals surface area contributed by atoms with Crippen LogP contribution in [0.2, 0.25) is 0 Å². The number of aliphatic carboxylic acids is 4. The highest BCUT2D eigenvalue weighted by Crippen LogP contribution is 2.44. The number of carboxylic acids is 4. The third-order valence-electron chi connectivity index (χ3n) is 12.0. The Morgan fingerprint density at radius 1 is 0.532 bits per heavy atom. The van der Waals surface area contributed by atoms with E-state index in [2.05, 4.69) is 47.2 Å². The van der Waals surface area contributed by atoms with Crippen LogP contribution >= 0.6 is 11.8 Å². The Morgan fingerprint density at radius 2 is 0.911 bits per heavy atom. The average Bonchev–Trinajstić information content (AvgIpc) is 3.71. The van der Waals surface area contributed by atoms with Gasteiger partial charge in [0.25, 0.3) is 0 Å². The number of carboxylic acid groups (broad SMARTS) is 4. The van der Waals surface area contributed by atoms with Gasteiger partial charge in [-0.3, -0.25) is 57.9 Å². The van der Waals surface area contributed by atoms with Crippen molar-refractivity contribution < 1.29 is 77.9 Å². The molecule has 0 unspecified atom stereocenters. The number of hydrogen-bond acceptors (Lipinski definition) is 15. The van der Waals surface area contributed by atoms with Crippen molar-refractivity contribution in [3.05, 3.63) is 59.7 Å². The maximum Gasteiger partial charge on any atom is 0.407 e. The van der Waals surface area contributed by atoms with Crippen molar-refractivity contribution in [3.8, 4) is 11.1 Å². The molecule has 19 N–H and O–H groups in total. The highest BCUT2D eigenvalue weighted by Gasteiger charge is 2.36. The van der Waals surface area contributed by atoms with Crippen LogP contribution < -0.4 is 60.2 Å². The number of nitrogens with two attached hydrogens (primary N) is 4. The Kier molecular flexibility index (Phi) is 26.8. The molecule has 0 radical (unpaired) electrons. The fourth-order valence-corrected chi connectivity index (χ4v) is 8.50. The van der Waals surface area contributed by atoms with Crippen LogP contribution in [0.25, 0.3) is 11.1 Å². The fourth-order valence-electron chi connectivity index (χ4n) is 8.03. The monoisotopic (exact) mass is 1130 g/mol. The van der Waals surface area contributed by atoms with Gasteiger partial charge in [-0.05, 0) is 86.1 Å². The number of benzene rings is 2. The van der Waals surface area contributed by atoms with Gasteiger partial charge in [-0.15, -0.1) is 0 Å². The van der Waals surface area contributed by atoms with Crippen LogP contribution in [0.1, 0.15) is 88.2 Å². The molecule has 0 saturated carbocycles. The highest BCUT2D eigenvalue weighted by atomic mass is 32.2. The minimum absolute atomic E-state index is 0.00652. The van der Waals surface area contributed by atoms with Crippen molar-refractivity contribution in [1.82, 2.24) is 37.2 Å². The molecule has 30 heteroatoms. The molecular weight excluding hydrogens is 1060 g/mol. The van der Waals surface area contributed by atoms with Crippen molar-refractivity contribution in [2.75, 3.05) is 31.7 Å². The second kappa shape index (κ2) is 32.8. The molecule has 2 aromatic rings. The molecule has 0 aliphatic heterocycles. The number of aliphatic imine (C=N–C) groups is 2. The van der Waals surface area contributed by atoms with Crippen LogP contribution in [0, 0.1) is 0 Å². The molecule has 7 atom stereocenters. The first-order valence-electron chi connectivity index (χ1n) is 24.8. The summed E-state index contributed by atoms with van der Waals surface area (Å²) in [5.41, 5.74) is 25.3. The van der Waals surface area contributed by atoms with E-state index in [1.54, 1.807) is 6.26 Å². The molecule has 432 valence electrons. The topological polar surface area (TPSA) is 491 Å². The standard InChI is InChI=1S/C49H69N13O16S/c1-25(46(75)76)56-40(69)31(13-7-20-54-47(50)51)57-41(70)32(14-8-21-55-48(52)53)58-42(71)33(15-17-37(63)64)59-44(73)35(19-22-79-2)61-43(72)34(16-18-38(65)66)60-45(74)36(23-39(67)68)62-49(77)78-24-30-28-11-5-3-9-26(28)27-10-4-6-12-29(27)30/h3-6,9-12,25,30-36H,7-8,13-24H2,1-2H3,(H,56,69)(H,57,70)(H,58,71)(H,59,73)(H,60,74)(H,61,72)(H,62,77)(H,63,64)(H,65,66)(H,67,68)(H,75,76)(H4,50,51,54)(H4,52,53,55)/t25-,31-,32-,33-,34-,35-,36-/m0/s1. The summed E-state index contributed by atoms with van der Waals surface area (Å²) in [4.78, 5) is 151. The number of hydrogen-bond donors (Lipinski definition) is 15. The van der Waals surface area contributed by atoms with E-state index in [4.69, 9.17) is 27.7 Å². The maximum atomic E-state index is 14.1. The van der Waals surface area contributed by atoms with Crippen LogP contribution in [0.4, 0.5) is 4.79 Å². The van der Waals surface area contributed by atoms with Gasteiger partial charge in [0.2, 0.25) is 35.4 Å². The van der Waals surface area contributed by atoms with Gasteiger partial charge in [-0.25, -0.2) is 4.79 Å². The normalized spacial score (nSPS) is 14.0. The Balaban J connectivity index is 1.86. The van der Waals surface area contributed by atoms with Crippen molar-refractivity contribution in [3.63, 3.8) is 0 Å². The lowest BCUT2D eigenvalue weighted by Gasteiger charge is -2.27. The molecular formula is C49H69N13O16S. The Bertz CT molecular complexity index is 2530. The number of fused-ring (bicyclic) bond motifs is 3. The summed E-state index contributed by atoms with van der Waals surface area (Å²) in [6.45, 7) is 0.924. The quantitative estimate of drug-likeness (QED) is 0.0201. The molecule has 7 amide bonds. The van der Waals surface area contributed by atoms with Crippen molar-refractivity contribution in [1.29, 1.82) is 0 Å². The van der Waals surface area contributed by atoms with E-state index in [1.165, 1.54) is 18.7 Å². The first-order valence-corrected chi connectivity index (χ1v) is 26.2. The zero-order valence-electron chi connectivity index (χ0n) is 43.4. The number of amides is 7. The van der Waals surface area contributed by atoms with Crippen LogP contribution in [0.3, 0.4) is 0 Å². The lowest BCUT2D eigenvalue weighted by molar-refractivity contribution is -0.142. The van der Waals surface area contributed by atoms with Gasteiger partial charge in [-0.1, -0.05) is 48.5 Å². The van der Waals surface area contributed by atoms with Crippen molar-refractivity contribution in [2.45, 2.75) is 119 Å². The molecule has 0 bridgehead atoms. The number of nitrogens with zero attached hydrogens (tertiary/aromatic N) is 2. The zero-order chi connectivity index (χ0) is 58.8. The second-order valence-electron chi connectivity index (χ2n) is 18.0. The summed E-state index contributed by atoms with van der Waals surface area (Å²) in [6, 6.07) is 3.64. The minimum atomic E-state index is -1.87. The number of nitrogens with one attached hydrogen (secondary N) is 7. The largest absolute Gasteiger partial charge is 0.481 e. The number of thioether (sulfide) groups is 1. The predicted octanol–water partition coefficient (Wildman–Crippen LogP) is -2.03. The van der Waals surface area contributed by atoms with Crippen molar-refractivity contribution in [2.24, 2.45) is 32.9 Å². The van der Waals surface area contributed by atoms with E-state index in [0.717, 1.165) is 22.3 Å². The van der Waals surface area contributed by atoms with Crippen LogP contribution in [0.15, 0.2) is 58.5 Å². The molecule has 79 heavy (non-hydrogen) atoms. The lowest BCUT2D eigenvalue weighted by Crippen LogP contribution is -2.60. The van der Waals surface area contributed by atoms with E-state index in [1.807, 2.05) is 48.5 Å². The molecule has 3 rings (SSSR count). The summed E-state index contributed by atoms with van der Waals surface area (Å²) in [5, 5.41) is 54.7. The minimum Gasteiger partial charge on any atom is -0.481 e. The number of guanidine groups is 2. The van der Waals surface area contributed by atoms with Gasteiger partial charge >= 0.3 is 30.0 Å². The summed E-state index contributed by atoms with van der Waals surface area (Å²) in [6.07, 6.45) is -3.54. The fraction of sp³-hybridized carbons (Fsp3) is 0.490. The Morgan fingerprint density at radius 3 is 1.29 bits per heavy atom. The van der Waals surface area contributed by atoms with E-state index >= 15 is 0 Å². The Hall–Kier alpha value is -8.70. The summed E-state index contributed by atoms with van der Waals surface area (Å²) in [7, 11) is 0. The molecule has 0 spiro atoms. The van der Waals surface area contributed by atoms with E-state index < -0.39 is 146 Å². The summed E-state index contributed by atoms with van der Waals surface area (Å²) >= 11 is 1.22. The Labute approximate surface area is 457 Å². The van der Waals surface area contributed by atoms with E-state index in [0.29, 0.717) is 0 Å². The first-order chi connectivity index (χ1) is 37.4. The third-order valence-corrected chi connectivity index (χ3v) is 12.7. The van der Waals surface area contributed by atoms with Gasteiger partial charge in [0, 0.05) is 31.8 Å². The molecule has 0 fully saturated rings. The maximum absolute atomic E-state index is 14.1.